The van der Waals surface area contributed by atoms with E-state index in [4.69, 9.17) is 4.74 Å². The second-order valence-corrected chi connectivity index (χ2v) is 6.06. The summed E-state index contributed by atoms with van der Waals surface area (Å²) in [5.74, 6) is 0.832. The van der Waals surface area contributed by atoms with Crippen molar-refractivity contribution < 1.29 is 4.74 Å². The Morgan fingerprint density at radius 3 is 2.78 bits per heavy atom. The van der Waals surface area contributed by atoms with Crippen LogP contribution >= 0.6 is 11.3 Å². The summed E-state index contributed by atoms with van der Waals surface area (Å²) in [6, 6.07) is 11.2. The average Bonchev–Trinajstić information content (AvgIpc) is 3.17. The number of nitrogens with zero attached hydrogens (tertiary/aromatic N) is 3. The van der Waals surface area contributed by atoms with Crippen LogP contribution in [0.5, 0.6) is 5.75 Å². The quantitative estimate of drug-likeness (QED) is 0.581. The zero-order valence-electron chi connectivity index (χ0n) is 12.4. The predicted octanol–water partition coefficient (Wildman–Crippen LogP) is 3.06. The molecule has 0 aliphatic carbocycles. The fraction of sp³-hybridized carbons (Fsp3) is 0.118. The molecule has 0 spiro atoms. The van der Waals surface area contributed by atoms with E-state index in [0.717, 1.165) is 27.7 Å². The molecule has 0 aliphatic heterocycles. The van der Waals surface area contributed by atoms with Gasteiger partial charge in [-0.2, -0.15) is 5.10 Å². The Morgan fingerprint density at radius 2 is 2.00 bits per heavy atom. The van der Waals surface area contributed by atoms with Crippen LogP contribution in [0, 0.1) is 0 Å². The van der Waals surface area contributed by atoms with Crippen LogP contribution in [0.4, 0.5) is 0 Å². The molecule has 23 heavy (non-hydrogen) atoms. The minimum Gasteiger partial charge on any atom is -0.497 e. The van der Waals surface area contributed by atoms with Gasteiger partial charge in [-0.25, -0.2) is 4.98 Å². The van der Waals surface area contributed by atoms with Crippen LogP contribution in [0.15, 0.2) is 52.9 Å². The predicted molar refractivity (Wildman–Crippen MR) is 91.3 cm³/mol. The van der Waals surface area contributed by atoms with Gasteiger partial charge >= 0.3 is 0 Å². The number of thiazole rings is 1. The first-order valence-electron chi connectivity index (χ1n) is 7.11. The van der Waals surface area contributed by atoms with Crippen LogP contribution in [0.25, 0.3) is 21.1 Å². The van der Waals surface area contributed by atoms with Gasteiger partial charge in [-0.3, -0.25) is 9.48 Å². The van der Waals surface area contributed by atoms with Crippen molar-refractivity contribution in [3.05, 3.63) is 63.9 Å². The van der Waals surface area contributed by atoms with E-state index in [9.17, 15) is 4.79 Å². The molecule has 0 fully saturated rings. The Balaban J connectivity index is 1.79. The number of hydrogen-bond acceptors (Lipinski definition) is 5. The van der Waals surface area contributed by atoms with Crippen molar-refractivity contribution in [2.24, 2.45) is 0 Å². The normalized spacial score (nSPS) is 11.2. The fourth-order valence-electron chi connectivity index (χ4n) is 2.58. The van der Waals surface area contributed by atoms with Crippen LogP contribution in [0.3, 0.4) is 0 Å². The lowest BCUT2D eigenvalue weighted by molar-refractivity contribution is 0.414. The number of ether oxygens (including phenoxy) is 1. The molecule has 114 valence electrons. The van der Waals surface area contributed by atoms with Gasteiger partial charge in [-0.05, 0) is 29.8 Å². The lowest BCUT2D eigenvalue weighted by atomic mass is 10.2. The minimum absolute atomic E-state index is 0.0118. The van der Waals surface area contributed by atoms with Crippen LogP contribution in [0.1, 0.15) is 5.56 Å². The number of fused-ring (bicyclic) bond motifs is 3. The summed E-state index contributed by atoms with van der Waals surface area (Å²) in [6.45, 7) is 0.651. The zero-order valence-corrected chi connectivity index (χ0v) is 13.2. The molecule has 0 saturated carbocycles. The summed E-state index contributed by atoms with van der Waals surface area (Å²) < 4.78 is 7.71. The Kier molecular flexibility index (Phi) is 3.31. The van der Waals surface area contributed by atoms with Crippen LogP contribution in [-0.2, 0) is 6.54 Å². The minimum atomic E-state index is -0.0118. The average molecular weight is 323 g/mol. The lowest BCUT2D eigenvalue weighted by Gasteiger charge is -2.03. The summed E-state index contributed by atoms with van der Waals surface area (Å²) in [4.78, 5) is 16.3. The topological polar surface area (TPSA) is 57.0 Å². The molecular formula is C17H13N3O2S. The highest BCUT2D eigenvalue weighted by Gasteiger charge is 2.09. The van der Waals surface area contributed by atoms with Crippen molar-refractivity contribution in [3.63, 3.8) is 0 Å². The van der Waals surface area contributed by atoms with Gasteiger partial charge in [0.25, 0.3) is 0 Å². The molecule has 0 saturated heterocycles. The maximum absolute atomic E-state index is 12.0. The Bertz CT molecular complexity index is 1050. The molecule has 0 N–H and O–H groups in total. The monoisotopic (exact) mass is 323 g/mol. The first-order chi connectivity index (χ1) is 11.2. The van der Waals surface area contributed by atoms with Gasteiger partial charge in [-0.1, -0.05) is 12.1 Å². The Morgan fingerprint density at radius 1 is 1.17 bits per heavy atom. The maximum Gasteiger partial charge on any atom is 0.198 e. The Hall–Kier alpha value is -2.73. The molecule has 2 aromatic carbocycles. The highest BCUT2D eigenvalue weighted by atomic mass is 32.1. The van der Waals surface area contributed by atoms with Crippen molar-refractivity contribution in [2.45, 2.75) is 6.54 Å². The standard InChI is InChI=1S/C17H13N3O2S/c1-22-12-4-2-11(3-5-12)8-20-9-13-14(19-20)6-7-15(21)17-16(13)18-10-23-17/h2-7,9-10H,8H2,1H3. The molecular weight excluding hydrogens is 310 g/mol. The van der Waals surface area contributed by atoms with Crippen molar-refractivity contribution in [3.8, 4) is 5.75 Å². The molecule has 4 rings (SSSR count). The van der Waals surface area contributed by atoms with Crippen molar-refractivity contribution >= 4 is 32.5 Å². The van der Waals surface area contributed by atoms with Crippen LogP contribution in [-0.4, -0.2) is 21.9 Å². The summed E-state index contributed by atoms with van der Waals surface area (Å²) in [5, 5.41) is 5.47. The molecule has 0 unspecified atom stereocenters. The molecule has 0 aliphatic rings. The lowest BCUT2D eigenvalue weighted by Crippen LogP contribution is -2.00. The second-order valence-electron chi connectivity index (χ2n) is 5.20. The molecule has 6 heteroatoms. The van der Waals surface area contributed by atoms with E-state index in [-0.39, 0.29) is 5.43 Å². The summed E-state index contributed by atoms with van der Waals surface area (Å²) >= 11 is 1.36. The number of hydrogen-bond donors (Lipinski definition) is 0. The smallest absolute Gasteiger partial charge is 0.198 e. The number of aromatic nitrogens is 3. The second kappa shape index (κ2) is 5.48. The van der Waals surface area contributed by atoms with Gasteiger partial charge in [0.15, 0.2) is 5.43 Å². The van der Waals surface area contributed by atoms with E-state index in [0.29, 0.717) is 11.2 Å². The molecule has 0 atom stereocenters. The third-order valence-electron chi connectivity index (χ3n) is 3.73. The maximum atomic E-state index is 12.0. The van der Waals surface area contributed by atoms with Gasteiger partial charge in [-0.15, -0.1) is 11.3 Å². The fourth-order valence-corrected chi connectivity index (χ4v) is 3.31. The summed E-state index contributed by atoms with van der Waals surface area (Å²) in [6.07, 6.45) is 1.95. The molecule has 0 amide bonds. The zero-order chi connectivity index (χ0) is 15.8. The van der Waals surface area contributed by atoms with Crippen LogP contribution < -0.4 is 10.2 Å². The Labute approximate surface area is 135 Å². The SMILES string of the molecule is COc1ccc(Cn2cc3c(ccc(=O)c4scnc43)n2)cc1. The molecule has 0 radical (unpaired) electrons. The summed E-state index contributed by atoms with van der Waals surface area (Å²) in [7, 11) is 1.65. The molecule has 2 heterocycles. The van der Waals surface area contributed by atoms with E-state index < -0.39 is 0 Å². The highest BCUT2D eigenvalue weighted by molar-refractivity contribution is 7.16. The third kappa shape index (κ3) is 2.47. The molecule has 0 bridgehead atoms. The van der Waals surface area contributed by atoms with Gasteiger partial charge < -0.3 is 4.74 Å². The van der Waals surface area contributed by atoms with Gasteiger partial charge in [0.05, 0.1) is 30.2 Å². The van der Waals surface area contributed by atoms with Crippen molar-refractivity contribution in [2.75, 3.05) is 7.11 Å². The van der Waals surface area contributed by atoms with Gasteiger partial charge in [0.1, 0.15) is 10.4 Å². The molecule has 5 nitrogen and oxygen atoms in total. The first-order valence-corrected chi connectivity index (χ1v) is 7.99. The van der Waals surface area contributed by atoms with Crippen LogP contribution in [0.2, 0.25) is 0 Å². The summed E-state index contributed by atoms with van der Waals surface area (Å²) in [5.41, 5.74) is 4.31. The van der Waals surface area contributed by atoms with Crippen molar-refractivity contribution in [1.82, 2.24) is 14.8 Å². The first kappa shape index (κ1) is 13.9. The number of benzene rings is 1. The van der Waals surface area contributed by atoms with E-state index in [1.165, 1.54) is 11.3 Å². The molecule has 2 aromatic heterocycles. The van der Waals surface area contributed by atoms with E-state index in [1.807, 2.05) is 35.1 Å². The third-order valence-corrected chi connectivity index (χ3v) is 4.57. The largest absolute Gasteiger partial charge is 0.497 e. The van der Waals surface area contributed by atoms with Gasteiger partial charge in [0.2, 0.25) is 0 Å². The van der Waals surface area contributed by atoms with Gasteiger partial charge in [0, 0.05) is 11.6 Å². The van der Waals surface area contributed by atoms with E-state index in [2.05, 4.69) is 10.1 Å². The highest BCUT2D eigenvalue weighted by Crippen LogP contribution is 2.22. The van der Waals surface area contributed by atoms with Crippen molar-refractivity contribution in [1.29, 1.82) is 0 Å². The van der Waals surface area contributed by atoms with E-state index >= 15 is 0 Å². The van der Waals surface area contributed by atoms with E-state index in [1.54, 1.807) is 24.8 Å². The number of rotatable bonds is 3. The number of methoxy groups -OCH3 is 1. The molecule has 4 aromatic rings.